The van der Waals surface area contributed by atoms with Gasteiger partial charge in [0, 0.05) is 17.3 Å². The van der Waals surface area contributed by atoms with Crippen molar-refractivity contribution in [2.75, 3.05) is 5.75 Å². The molecule has 0 N–H and O–H groups in total. The van der Waals surface area contributed by atoms with Crippen LogP contribution in [-0.4, -0.2) is 15.3 Å². The lowest BCUT2D eigenvalue weighted by Gasteiger charge is -2.15. The van der Waals surface area contributed by atoms with E-state index in [1.807, 2.05) is 48.0 Å². The highest BCUT2D eigenvalue weighted by Crippen LogP contribution is 2.37. The molecule has 5 nitrogen and oxygen atoms in total. The number of pyridine rings is 1. The molecule has 154 valence electrons. The van der Waals surface area contributed by atoms with E-state index in [9.17, 15) is 9.90 Å². The lowest BCUT2D eigenvalue weighted by Crippen LogP contribution is -2.43. The number of hydrogen-bond donors (Lipinski definition) is 0. The first-order valence-corrected chi connectivity index (χ1v) is 11.2. The Kier molecular flexibility index (Phi) is 5.04. The van der Waals surface area contributed by atoms with E-state index >= 15 is 0 Å². The Morgan fingerprint density at radius 3 is 2.48 bits per heavy atom. The fraction of sp³-hybridized carbons (Fsp3) is 0.125. The second-order valence-corrected chi connectivity index (χ2v) is 8.75. The molecule has 2 aromatic carbocycles. The maximum atomic E-state index is 14.0. The van der Waals surface area contributed by atoms with E-state index in [4.69, 9.17) is 11.6 Å². The van der Waals surface area contributed by atoms with Gasteiger partial charge in [0.2, 0.25) is 0 Å². The molecule has 0 amide bonds. The lowest BCUT2D eigenvalue weighted by molar-refractivity contribution is -0.704. The largest absolute Gasteiger partial charge is 0.872 e. The molecule has 1 aliphatic heterocycles. The van der Waals surface area contributed by atoms with Gasteiger partial charge in [0.15, 0.2) is 5.69 Å². The molecule has 31 heavy (non-hydrogen) atoms. The number of halogens is 1. The van der Waals surface area contributed by atoms with Crippen molar-refractivity contribution in [1.29, 1.82) is 0 Å². The zero-order valence-electron chi connectivity index (χ0n) is 16.7. The minimum atomic E-state index is -0.135. The summed E-state index contributed by atoms with van der Waals surface area (Å²) in [7, 11) is 1.97. The molecule has 1 atom stereocenters. The standard InChI is InChI=1S/C24H18ClN3O2S/c1-27-22(16-7-10-18(29)11-8-16)21(15-5-3-2-4-6-15)23(30)28-19(14-31-24(27)28)17-9-12-20(25)26-13-17/h2-13,19H,14H2,1H3/t19-/m1/s1. The minimum Gasteiger partial charge on any atom is -0.872 e. The van der Waals surface area contributed by atoms with E-state index in [1.165, 1.54) is 12.1 Å². The molecule has 0 aliphatic carbocycles. The van der Waals surface area contributed by atoms with Crippen LogP contribution in [0.2, 0.25) is 5.15 Å². The van der Waals surface area contributed by atoms with Crippen LogP contribution in [0.1, 0.15) is 11.6 Å². The normalized spacial score (nSPS) is 15.1. The molecule has 0 bridgehead atoms. The van der Waals surface area contributed by atoms with Gasteiger partial charge in [-0.1, -0.05) is 72.3 Å². The van der Waals surface area contributed by atoms with Gasteiger partial charge in [-0.15, -0.1) is 5.75 Å². The lowest BCUT2D eigenvalue weighted by atomic mass is 9.99. The highest BCUT2D eigenvalue weighted by atomic mass is 35.5. The summed E-state index contributed by atoms with van der Waals surface area (Å²) in [5.74, 6) is 0.666. The van der Waals surface area contributed by atoms with E-state index in [1.54, 1.807) is 36.2 Å². The van der Waals surface area contributed by atoms with Gasteiger partial charge in [-0.05, 0) is 23.4 Å². The Bertz CT molecular complexity index is 1320. The fourth-order valence-corrected chi connectivity index (χ4v) is 5.44. The number of fused-ring (bicyclic) bond motifs is 1. The van der Waals surface area contributed by atoms with Gasteiger partial charge in [0.1, 0.15) is 16.8 Å². The highest BCUT2D eigenvalue weighted by molar-refractivity contribution is 7.99. The van der Waals surface area contributed by atoms with Crippen molar-refractivity contribution in [2.24, 2.45) is 7.05 Å². The number of nitrogens with zero attached hydrogens (tertiary/aromatic N) is 3. The summed E-state index contributed by atoms with van der Waals surface area (Å²) in [5, 5.41) is 13.0. The second-order valence-electron chi connectivity index (χ2n) is 7.37. The Balaban J connectivity index is 1.80. The molecule has 5 rings (SSSR count). The Labute approximate surface area is 188 Å². The Hall–Kier alpha value is -3.09. The Morgan fingerprint density at radius 2 is 1.81 bits per heavy atom. The molecule has 1 aliphatic rings. The summed E-state index contributed by atoms with van der Waals surface area (Å²) >= 11 is 7.60. The van der Waals surface area contributed by atoms with Gasteiger partial charge >= 0.3 is 10.7 Å². The average molecular weight is 448 g/mol. The molecular weight excluding hydrogens is 430 g/mol. The molecule has 2 aromatic heterocycles. The summed E-state index contributed by atoms with van der Waals surface area (Å²) in [4.78, 5) is 18.2. The van der Waals surface area contributed by atoms with Crippen LogP contribution in [0.3, 0.4) is 0 Å². The minimum absolute atomic E-state index is 0.0600. The van der Waals surface area contributed by atoms with Crippen LogP contribution in [-0.2, 0) is 7.05 Å². The average Bonchev–Trinajstić information content (AvgIpc) is 3.24. The van der Waals surface area contributed by atoms with Crippen LogP contribution in [0.5, 0.6) is 5.75 Å². The van der Waals surface area contributed by atoms with Crippen LogP contribution in [0.4, 0.5) is 0 Å². The van der Waals surface area contributed by atoms with Gasteiger partial charge in [-0.2, -0.15) is 4.57 Å². The maximum absolute atomic E-state index is 14.0. The maximum Gasteiger partial charge on any atom is 0.347 e. The molecular formula is C24H18ClN3O2S. The number of rotatable bonds is 3. The van der Waals surface area contributed by atoms with Crippen molar-refractivity contribution in [3.8, 4) is 28.1 Å². The van der Waals surface area contributed by atoms with Gasteiger partial charge in [0.05, 0.1) is 12.8 Å². The number of aromatic nitrogens is 3. The van der Waals surface area contributed by atoms with Gasteiger partial charge in [-0.3, -0.25) is 0 Å². The predicted molar refractivity (Wildman–Crippen MR) is 120 cm³/mol. The molecule has 3 heterocycles. The zero-order chi connectivity index (χ0) is 21.5. The third-order valence-electron chi connectivity index (χ3n) is 5.51. The molecule has 7 heteroatoms. The van der Waals surface area contributed by atoms with Crippen LogP contribution < -0.4 is 15.2 Å². The molecule has 0 unspecified atom stereocenters. The molecule has 4 aromatic rings. The first-order valence-electron chi connectivity index (χ1n) is 9.80. The van der Waals surface area contributed by atoms with Gasteiger partial charge in [0.25, 0.3) is 0 Å². The quantitative estimate of drug-likeness (QED) is 0.272. The van der Waals surface area contributed by atoms with Gasteiger partial charge < -0.3 is 5.11 Å². The number of thioether (sulfide) groups is 1. The van der Waals surface area contributed by atoms with Crippen molar-refractivity contribution >= 4 is 23.4 Å². The van der Waals surface area contributed by atoms with E-state index in [-0.39, 0.29) is 17.4 Å². The van der Waals surface area contributed by atoms with E-state index < -0.39 is 0 Å². The third-order valence-corrected chi connectivity index (χ3v) is 6.94. The Morgan fingerprint density at radius 1 is 1.06 bits per heavy atom. The summed E-state index contributed by atoms with van der Waals surface area (Å²) in [6.45, 7) is 0. The summed E-state index contributed by atoms with van der Waals surface area (Å²) in [5.41, 5.74) is 3.96. The van der Waals surface area contributed by atoms with Crippen LogP contribution in [0.25, 0.3) is 22.4 Å². The van der Waals surface area contributed by atoms with Crippen molar-refractivity contribution in [2.45, 2.75) is 11.2 Å². The molecule has 0 saturated carbocycles. The van der Waals surface area contributed by atoms with E-state index in [0.29, 0.717) is 10.7 Å². The van der Waals surface area contributed by atoms with Crippen molar-refractivity contribution in [3.63, 3.8) is 0 Å². The summed E-state index contributed by atoms with van der Waals surface area (Å²) < 4.78 is 3.90. The van der Waals surface area contributed by atoms with Crippen LogP contribution >= 0.6 is 23.4 Å². The molecule has 0 radical (unpaired) electrons. The van der Waals surface area contributed by atoms with Gasteiger partial charge in [-0.25, -0.2) is 14.3 Å². The van der Waals surface area contributed by atoms with Crippen molar-refractivity contribution in [3.05, 3.63) is 94.0 Å². The van der Waals surface area contributed by atoms with Crippen LogP contribution in [0, 0.1) is 0 Å². The van der Waals surface area contributed by atoms with Crippen molar-refractivity contribution in [1.82, 2.24) is 9.55 Å². The third kappa shape index (κ3) is 3.42. The van der Waals surface area contributed by atoms with Crippen molar-refractivity contribution < 1.29 is 9.67 Å². The monoisotopic (exact) mass is 447 g/mol. The number of benzene rings is 2. The van der Waals surface area contributed by atoms with Crippen LogP contribution in [0.15, 0.2) is 82.9 Å². The first-order chi connectivity index (χ1) is 15.0. The highest BCUT2D eigenvalue weighted by Gasteiger charge is 2.38. The molecule has 0 saturated heterocycles. The first kappa shape index (κ1) is 19.8. The van der Waals surface area contributed by atoms with E-state index in [0.717, 1.165) is 33.3 Å². The second kappa shape index (κ2) is 7.87. The predicted octanol–water partition coefficient (Wildman–Crippen LogP) is 3.82. The fourth-order valence-electron chi connectivity index (χ4n) is 4.05. The summed E-state index contributed by atoms with van der Waals surface area (Å²) in [6, 6.07) is 19.8. The smallest absolute Gasteiger partial charge is 0.347 e. The topological polar surface area (TPSA) is 61.8 Å². The summed E-state index contributed by atoms with van der Waals surface area (Å²) in [6.07, 6.45) is 1.73. The zero-order valence-corrected chi connectivity index (χ0v) is 18.2. The molecule has 0 spiro atoms. The molecule has 0 fully saturated rings. The SMILES string of the molecule is C[n+]1c(-c2ccc([O-])cc2)c(-c2ccccc2)c(=O)n2c1SC[C@@H]2c1ccc(Cl)nc1. The number of hydrogen-bond acceptors (Lipinski definition) is 4. The van der Waals surface area contributed by atoms with E-state index in [2.05, 4.69) is 9.55 Å².